The number of halogens is 1. The minimum atomic E-state index is -0.282. The second-order valence-electron chi connectivity index (χ2n) is 8.70. The summed E-state index contributed by atoms with van der Waals surface area (Å²) >= 11 is 0. The maximum absolute atomic E-state index is 14.1. The molecule has 3 aromatic heterocycles. The molecule has 5 rings (SSSR count). The van der Waals surface area contributed by atoms with Crippen molar-refractivity contribution in [2.45, 2.75) is 19.4 Å². The Morgan fingerprint density at radius 2 is 2.03 bits per heavy atom. The molecule has 4 heterocycles. The molecular formula is C25H28FN7O2. The summed E-state index contributed by atoms with van der Waals surface area (Å²) in [6, 6.07) is 8.43. The molecule has 35 heavy (non-hydrogen) atoms. The molecule has 0 unspecified atom stereocenters. The molecule has 0 aliphatic carbocycles. The van der Waals surface area contributed by atoms with Gasteiger partial charge < -0.3 is 14.6 Å². The van der Waals surface area contributed by atoms with Gasteiger partial charge in [0.2, 0.25) is 5.95 Å². The average molecular weight is 478 g/mol. The summed E-state index contributed by atoms with van der Waals surface area (Å²) in [5, 5.41) is 8.28. The van der Waals surface area contributed by atoms with E-state index in [4.69, 9.17) is 4.74 Å². The van der Waals surface area contributed by atoms with Gasteiger partial charge in [-0.3, -0.25) is 9.69 Å². The fraction of sp³-hybridized carbons (Fsp3) is 0.360. The van der Waals surface area contributed by atoms with E-state index in [1.165, 1.54) is 6.07 Å². The van der Waals surface area contributed by atoms with E-state index >= 15 is 0 Å². The van der Waals surface area contributed by atoms with Crippen molar-refractivity contribution in [1.82, 2.24) is 29.2 Å². The lowest BCUT2D eigenvalue weighted by molar-refractivity contribution is 0.0371. The fourth-order valence-electron chi connectivity index (χ4n) is 4.29. The highest BCUT2D eigenvalue weighted by Gasteiger charge is 2.15. The Kier molecular flexibility index (Phi) is 6.82. The van der Waals surface area contributed by atoms with Crippen LogP contribution >= 0.6 is 0 Å². The third kappa shape index (κ3) is 5.39. The molecule has 0 amide bonds. The molecule has 1 aromatic carbocycles. The number of carbonyl (C=O) groups excluding carboxylic acids is 1. The number of anilines is 2. The number of ketones is 1. The van der Waals surface area contributed by atoms with Crippen LogP contribution in [0.2, 0.25) is 0 Å². The number of benzene rings is 1. The van der Waals surface area contributed by atoms with Crippen LogP contribution in [0.4, 0.5) is 16.0 Å². The number of hydrogen-bond donors (Lipinski definition) is 1. The zero-order valence-electron chi connectivity index (χ0n) is 19.7. The summed E-state index contributed by atoms with van der Waals surface area (Å²) in [6.45, 7) is 4.54. The quantitative estimate of drug-likeness (QED) is 0.370. The molecule has 0 saturated carbocycles. The predicted molar refractivity (Wildman–Crippen MR) is 130 cm³/mol. The number of rotatable bonds is 9. The molecule has 4 aromatic rings. The van der Waals surface area contributed by atoms with Gasteiger partial charge in [0.05, 0.1) is 42.7 Å². The van der Waals surface area contributed by atoms with Gasteiger partial charge in [-0.15, -0.1) is 0 Å². The number of Topliss-reactive ketones (excluding diaryl/α,β-unsaturated/α-hetero) is 1. The van der Waals surface area contributed by atoms with Crippen molar-refractivity contribution in [3.05, 3.63) is 66.0 Å². The molecule has 0 spiro atoms. The van der Waals surface area contributed by atoms with E-state index in [9.17, 15) is 9.18 Å². The lowest BCUT2D eigenvalue weighted by Gasteiger charge is -2.26. The molecule has 182 valence electrons. The molecule has 1 fully saturated rings. The maximum Gasteiger partial charge on any atom is 0.229 e. The standard InChI is InChI=1S/C25H28FN7O2/c1-31-17-20(13-22(31)23(34)7-4-8-32-9-11-35-12-10-32)29-25-27-14-19-15-28-33(24(19)30-25)16-18-5-2-3-6-21(18)26/h2-3,5-6,13-15,17H,4,7-12,16H2,1H3,(H,27,29,30). The average Bonchev–Trinajstić information content (AvgIpc) is 3.44. The van der Waals surface area contributed by atoms with Crippen molar-refractivity contribution in [1.29, 1.82) is 0 Å². The van der Waals surface area contributed by atoms with Gasteiger partial charge in [0.1, 0.15) is 5.82 Å². The van der Waals surface area contributed by atoms with E-state index in [1.54, 1.807) is 35.3 Å². The summed E-state index contributed by atoms with van der Waals surface area (Å²) in [5.41, 5.74) is 2.50. The summed E-state index contributed by atoms with van der Waals surface area (Å²) < 4.78 is 22.9. The number of hydrogen-bond acceptors (Lipinski definition) is 7. The number of nitrogens with zero attached hydrogens (tertiary/aromatic N) is 6. The van der Waals surface area contributed by atoms with Gasteiger partial charge in [0.15, 0.2) is 11.4 Å². The smallest absolute Gasteiger partial charge is 0.229 e. The van der Waals surface area contributed by atoms with E-state index in [0.717, 1.165) is 50.3 Å². The van der Waals surface area contributed by atoms with Crippen LogP contribution in [0.3, 0.4) is 0 Å². The number of fused-ring (bicyclic) bond motifs is 1. The summed E-state index contributed by atoms with van der Waals surface area (Å²) in [6.07, 6.45) is 6.50. The van der Waals surface area contributed by atoms with Crippen LogP contribution in [0, 0.1) is 5.82 Å². The number of ether oxygens (including phenoxy) is 1. The molecular weight excluding hydrogens is 449 g/mol. The Morgan fingerprint density at radius 3 is 2.86 bits per heavy atom. The largest absolute Gasteiger partial charge is 0.379 e. The molecule has 0 atom stereocenters. The van der Waals surface area contributed by atoms with Gasteiger partial charge in [0, 0.05) is 44.5 Å². The zero-order valence-corrected chi connectivity index (χ0v) is 19.7. The summed E-state index contributed by atoms with van der Waals surface area (Å²) in [4.78, 5) is 24.1. The van der Waals surface area contributed by atoms with Crippen LogP contribution in [-0.2, 0) is 18.3 Å². The van der Waals surface area contributed by atoms with Crippen LogP contribution in [0.5, 0.6) is 0 Å². The lowest BCUT2D eigenvalue weighted by atomic mass is 10.1. The molecule has 1 aliphatic heterocycles. The molecule has 10 heteroatoms. The normalized spacial score (nSPS) is 14.5. The SMILES string of the molecule is Cn1cc(Nc2ncc3cnn(Cc4ccccc4F)c3n2)cc1C(=O)CCCN1CCOCC1. The van der Waals surface area contributed by atoms with E-state index in [2.05, 4.69) is 25.3 Å². The van der Waals surface area contributed by atoms with Crippen molar-refractivity contribution < 1.29 is 13.9 Å². The Hall–Kier alpha value is -3.63. The number of morpholine rings is 1. The van der Waals surface area contributed by atoms with Crippen LogP contribution in [0.1, 0.15) is 28.9 Å². The topological polar surface area (TPSA) is 90.1 Å². The van der Waals surface area contributed by atoms with Crippen molar-refractivity contribution in [3.8, 4) is 0 Å². The Balaban J connectivity index is 1.25. The first kappa shape index (κ1) is 23.1. The Morgan fingerprint density at radius 1 is 1.20 bits per heavy atom. The minimum Gasteiger partial charge on any atom is -0.379 e. The first-order valence-electron chi connectivity index (χ1n) is 11.8. The van der Waals surface area contributed by atoms with Crippen LogP contribution in [0.15, 0.2) is 48.9 Å². The van der Waals surface area contributed by atoms with E-state index < -0.39 is 0 Å². The predicted octanol–water partition coefficient (Wildman–Crippen LogP) is 3.39. The van der Waals surface area contributed by atoms with Crippen LogP contribution in [0.25, 0.3) is 11.0 Å². The Labute approximate surface area is 202 Å². The molecule has 9 nitrogen and oxygen atoms in total. The van der Waals surface area contributed by atoms with Gasteiger partial charge in [-0.05, 0) is 25.1 Å². The first-order valence-corrected chi connectivity index (χ1v) is 11.8. The van der Waals surface area contributed by atoms with Crippen molar-refractivity contribution in [3.63, 3.8) is 0 Å². The summed E-state index contributed by atoms with van der Waals surface area (Å²) in [5.74, 6) is 0.202. The highest BCUT2D eigenvalue weighted by Crippen LogP contribution is 2.21. The zero-order chi connectivity index (χ0) is 24.2. The fourth-order valence-corrected chi connectivity index (χ4v) is 4.29. The van der Waals surface area contributed by atoms with Crippen molar-refractivity contribution in [2.75, 3.05) is 38.2 Å². The first-order chi connectivity index (χ1) is 17.1. The summed E-state index contributed by atoms with van der Waals surface area (Å²) in [7, 11) is 1.86. The molecule has 1 saturated heterocycles. The van der Waals surface area contributed by atoms with E-state index in [0.29, 0.717) is 29.3 Å². The second-order valence-corrected chi connectivity index (χ2v) is 8.70. The lowest BCUT2D eigenvalue weighted by Crippen LogP contribution is -2.36. The third-order valence-corrected chi connectivity index (χ3v) is 6.18. The van der Waals surface area contributed by atoms with Crippen LogP contribution < -0.4 is 5.32 Å². The van der Waals surface area contributed by atoms with Crippen LogP contribution in [-0.4, -0.2) is 67.8 Å². The monoisotopic (exact) mass is 477 g/mol. The highest BCUT2D eigenvalue weighted by atomic mass is 19.1. The maximum atomic E-state index is 14.1. The molecule has 0 bridgehead atoms. The minimum absolute atomic E-state index is 0.105. The van der Waals surface area contributed by atoms with Gasteiger partial charge in [-0.25, -0.2) is 14.1 Å². The van der Waals surface area contributed by atoms with Gasteiger partial charge in [0.25, 0.3) is 0 Å². The number of nitrogens with one attached hydrogen (secondary N) is 1. The third-order valence-electron chi connectivity index (χ3n) is 6.18. The Bertz CT molecular complexity index is 1330. The second kappa shape index (κ2) is 10.3. The molecule has 1 aliphatic rings. The number of aromatic nitrogens is 5. The van der Waals surface area contributed by atoms with Gasteiger partial charge >= 0.3 is 0 Å². The van der Waals surface area contributed by atoms with Gasteiger partial charge in [-0.2, -0.15) is 10.1 Å². The number of aryl methyl sites for hydroxylation is 1. The van der Waals surface area contributed by atoms with E-state index in [-0.39, 0.29) is 18.1 Å². The molecule has 0 radical (unpaired) electrons. The number of carbonyl (C=O) groups is 1. The molecule has 1 N–H and O–H groups in total. The highest BCUT2D eigenvalue weighted by molar-refractivity contribution is 5.95. The van der Waals surface area contributed by atoms with Crippen molar-refractivity contribution in [2.24, 2.45) is 7.05 Å². The van der Waals surface area contributed by atoms with Crippen molar-refractivity contribution >= 4 is 28.5 Å². The van der Waals surface area contributed by atoms with E-state index in [1.807, 2.05) is 23.9 Å². The van der Waals surface area contributed by atoms with Gasteiger partial charge in [-0.1, -0.05) is 18.2 Å².